The lowest BCUT2D eigenvalue weighted by molar-refractivity contribution is 0.0697. The van der Waals surface area contributed by atoms with Crippen molar-refractivity contribution in [1.82, 2.24) is 9.97 Å². The van der Waals surface area contributed by atoms with E-state index in [4.69, 9.17) is 14.7 Å². The van der Waals surface area contributed by atoms with E-state index in [0.717, 1.165) is 48.8 Å². The SMILES string of the molecule is COc1ccc(-c2nc3ccc(C(=O)O)cc3nc2N2CCCC2)cc1. The minimum Gasteiger partial charge on any atom is -0.497 e. The van der Waals surface area contributed by atoms with Gasteiger partial charge in [-0.15, -0.1) is 0 Å². The van der Waals surface area contributed by atoms with Crippen LogP contribution in [0.15, 0.2) is 42.5 Å². The number of hydrogen-bond acceptors (Lipinski definition) is 5. The third-order valence-corrected chi connectivity index (χ3v) is 4.66. The number of carboxylic acids is 1. The Bertz CT molecular complexity index is 964. The lowest BCUT2D eigenvalue weighted by Crippen LogP contribution is -2.20. The summed E-state index contributed by atoms with van der Waals surface area (Å²) in [7, 11) is 1.64. The molecule has 0 spiro atoms. The molecule has 2 aromatic carbocycles. The summed E-state index contributed by atoms with van der Waals surface area (Å²) in [5.74, 6) is 0.634. The molecule has 1 N–H and O–H groups in total. The molecule has 0 aliphatic carbocycles. The fourth-order valence-corrected chi connectivity index (χ4v) is 3.27. The predicted octanol–water partition coefficient (Wildman–Crippen LogP) is 3.60. The summed E-state index contributed by atoms with van der Waals surface area (Å²) in [6.07, 6.45) is 2.24. The third kappa shape index (κ3) is 2.94. The van der Waals surface area contributed by atoms with Crippen molar-refractivity contribution < 1.29 is 14.6 Å². The van der Waals surface area contributed by atoms with Crippen LogP contribution in [0.3, 0.4) is 0 Å². The van der Waals surface area contributed by atoms with Crippen LogP contribution in [-0.2, 0) is 0 Å². The summed E-state index contributed by atoms with van der Waals surface area (Å²) < 4.78 is 5.24. The molecule has 1 aliphatic rings. The van der Waals surface area contributed by atoms with E-state index >= 15 is 0 Å². The summed E-state index contributed by atoms with van der Waals surface area (Å²) >= 11 is 0. The van der Waals surface area contributed by atoms with E-state index in [1.165, 1.54) is 0 Å². The Morgan fingerprint density at radius 2 is 1.77 bits per heavy atom. The van der Waals surface area contributed by atoms with Crippen molar-refractivity contribution in [2.45, 2.75) is 12.8 Å². The largest absolute Gasteiger partial charge is 0.497 e. The van der Waals surface area contributed by atoms with E-state index in [-0.39, 0.29) is 5.56 Å². The van der Waals surface area contributed by atoms with Crippen molar-refractivity contribution in [3.63, 3.8) is 0 Å². The first-order valence-electron chi connectivity index (χ1n) is 8.60. The number of carbonyl (C=O) groups is 1. The maximum absolute atomic E-state index is 11.3. The average molecular weight is 349 g/mol. The van der Waals surface area contributed by atoms with Gasteiger partial charge in [0.2, 0.25) is 0 Å². The summed E-state index contributed by atoms with van der Waals surface area (Å²) in [4.78, 5) is 23.1. The molecule has 0 unspecified atom stereocenters. The molecule has 0 atom stereocenters. The number of aromatic nitrogens is 2. The molecule has 6 heteroatoms. The molecule has 0 radical (unpaired) electrons. The number of ether oxygens (including phenoxy) is 1. The van der Waals surface area contributed by atoms with Crippen molar-refractivity contribution in [3.8, 4) is 17.0 Å². The van der Waals surface area contributed by atoms with Gasteiger partial charge in [-0.2, -0.15) is 0 Å². The van der Waals surface area contributed by atoms with Crippen molar-refractivity contribution >= 4 is 22.8 Å². The van der Waals surface area contributed by atoms with E-state index in [1.54, 1.807) is 25.3 Å². The second-order valence-electron chi connectivity index (χ2n) is 6.33. The Hall–Kier alpha value is -3.15. The number of carboxylic acid groups (broad SMARTS) is 1. The van der Waals surface area contributed by atoms with Gasteiger partial charge in [-0.3, -0.25) is 0 Å². The van der Waals surface area contributed by atoms with E-state index in [1.807, 2.05) is 24.3 Å². The number of anilines is 1. The zero-order valence-corrected chi connectivity index (χ0v) is 14.5. The van der Waals surface area contributed by atoms with Crippen molar-refractivity contribution in [1.29, 1.82) is 0 Å². The van der Waals surface area contributed by atoms with Crippen molar-refractivity contribution in [2.75, 3.05) is 25.1 Å². The number of aromatic carboxylic acids is 1. The molecule has 0 amide bonds. The second-order valence-corrected chi connectivity index (χ2v) is 6.33. The van der Waals surface area contributed by atoms with Gasteiger partial charge >= 0.3 is 5.97 Å². The topological polar surface area (TPSA) is 75.5 Å². The van der Waals surface area contributed by atoms with Gasteiger partial charge in [0, 0.05) is 18.7 Å². The third-order valence-electron chi connectivity index (χ3n) is 4.66. The van der Waals surface area contributed by atoms with Gasteiger partial charge in [0.05, 0.1) is 23.7 Å². The maximum Gasteiger partial charge on any atom is 0.335 e. The average Bonchev–Trinajstić information content (AvgIpc) is 3.21. The summed E-state index contributed by atoms with van der Waals surface area (Å²) in [6, 6.07) is 12.6. The number of nitrogens with zero attached hydrogens (tertiary/aromatic N) is 3. The van der Waals surface area contributed by atoms with Gasteiger partial charge in [-0.25, -0.2) is 14.8 Å². The normalized spacial score (nSPS) is 14.0. The number of rotatable bonds is 4. The number of hydrogen-bond donors (Lipinski definition) is 1. The highest BCUT2D eigenvalue weighted by Crippen LogP contribution is 2.32. The van der Waals surface area contributed by atoms with E-state index in [0.29, 0.717) is 11.0 Å². The first-order chi connectivity index (χ1) is 12.7. The first kappa shape index (κ1) is 16.3. The smallest absolute Gasteiger partial charge is 0.335 e. The highest BCUT2D eigenvalue weighted by molar-refractivity contribution is 5.93. The predicted molar refractivity (Wildman–Crippen MR) is 99.9 cm³/mol. The van der Waals surface area contributed by atoms with Crippen LogP contribution in [-0.4, -0.2) is 41.2 Å². The Labute approximate surface area is 151 Å². The lowest BCUT2D eigenvalue weighted by Gasteiger charge is -2.20. The number of methoxy groups -OCH3 is 1. The number of fused-ring (bicyclic) bond motifs is 1. The minimum atomic E-state index is -0.962. The molecular weight excluding hydrogens is 330 g/mol. The molecule has 1 saturated heterocycles. The van der Waals surface area contributed by atoms with Crippen LogP contribution in [0.25, 0.3) is 22.3 Å². The van der Waals surface area contributed by atoms with Crippen molar-refractivity contribution in [2.24, 2.45) is 0 Å². The molecule has 1 fully saturated rings. The molecule has 2 heterocycles. The molecule has 0 bridgehead atoms. The van der Waals surface area contributed by atoms with Crippen LogP contribution in [0.2, 0.25) is 0 Å². The summed E-state index contributed by atoms with van der Waals surface area (Å²) in [6.45, 7) is 1.87. The fraction of sp³-hybridized carbons (Fsp3) is 0.250. The summed E-state index contributed by atoms with van der Waals surface area (Å²) in [5, 5.41) is 9.24. The van der Waals surface area contributed by atoms with E-state index < -0.39 is 5.97 Å². The standard InChI is InChI=1S/C20H19N3O3/c1-26-15-7-4-13(5-8-15)18-19(23-10-2-3-11-23)22-17-12-14(20(24)25)6-9-16(17)21-18/h4-9,12H,2-3,10-11H2,1H3,(H,24,25). The van der Waals surface area contributed by atoms with E-state index in [2.05, 4.69) is 4.90 Å². The van der Waals surface area contributed by atoms with Gasteiger partial charge < -0.3 is 14.7 Å². The Balaban J connectivity index is 1.89. The van der Waals surface area contributed by atoms with Crippen molar-refractivity contribution in [3.05, 3.63) is 48.0 Å². The zero-order valence-electron chi connectivity index (χ0n) is 14.5. The molecule has 1 aliphatic heterocycles. The van der Waals surface area contributed by atoms with Gasteiger partial charge in [0.15, 0.2) is 5.82 Å². The molecule has 1 aromatic heterocycles. The highest BCUT2D eigenvalue weighted by atomic mass is 16.5. The molecule has 132 valence electrons. The maximum atomic E-state index is 11.3. The van der Waals surface area contributed by atoms with Crippen LogP contribution in [0.5, 0.6) is 5.75 Å². The van der Waals surface area contributed by atoms with Crippen LogP contribution in [0, 0.1) is 0 Å². The number of benzene rings is 2. The van der Waals surface area contributed by atoms with Crippen LogP contribution < -0.4 is 9.64 Å². The molecule has 4 rings (SSSR count). The molecule has 6 nitrogen and oxygen atoms in total. The van der Waals surface area contributed by atoms with Gasteiger partial charge in [0.25, 0.3) is 0 Å². The Morgan fingerprint density at radius 1 is 1.04 bits per heavy atom. The van der Waals surface area contributed by atoms with Crippen LogP contribution >= 0.6 is 0 Å². The first-order valence-corrected chi connectivity index (χ1v) is 8.60. The van der Waals surface area contributed by atoms with Gasteiger partial charge in [0.1, 0.15) is 11.4 Å². The van der Waals surface area contributed by atoms with E-state index in [9.17, 15) is 9.90 Å². The molecular formula is C20H19N3O3. The van der Waals surface area contributed by atoms with Gasteiger partial charge in [-0.05, 0) is 55.3 Å². The molecule has 26 heavy (non-hydrogen) atoms. The lowest BCUT2D eigenvalue weighted by atomic mass is 10.1. The molecule has 0 saturated carbocycles. The second kappa shape index (κ2) is 6.63. The Morgan fingerprint density at radius 3 is 2.42 bits per heavy atom. The highest BCUT2D eigenvalue weighted by Gasteiger charge is 2.21. The monoisotopic (exact) mass is 349 g/mol. The fourth-order valence-electron chi connectivity index (χ4n) is 3.27. The van der Waals surface area contributed by atoms with Crippen LogP contribution in [0.4, 0.5) is 5.82 Å². The van der Waals surface area contributed by atoms with Gasteiger partial charge in [-0.1, -0.05) is 0 Å². The minimum absolute atomic E-state index is 0.219. The summed E-state index contributed by atoms with van der Waals surface area (Å²) in [5.41, 5.74) is 3.28. The zero-order chi connectivity index (χ0) is 18.1. The Kier molecular flexibility index (Phi) is 4.16. The molecule has 3 aromatic rings. The van der Waals surface area contributed by atoms with Crippen LogP contribution in [0.1, 0.15) is 23.2 Å². The quantitative estimate of drug-likeness (QED) is 0.775.